The first-order chi connectivity index (χ1) is 15.9. The van der Waals surface area contributed by atoms with Gasteiger partial charge < -0.3 is 14.7 Å². The number of rotatable bonds is 4. The predicted octanol–water partition coefficient (Wildman–Crippen LogP) is 5.35. The van der Waals surface area contributed by atoms with Gasteiger partial charge in [0, 0.05) is 24.9 Å². The van der Waals surface area contributed by atoms with Crippen LogP contribution >= 0.6 is 0 Å². The predicted molar refractivity (Wildman–Crippen MR) is 126 cm³/mol. The molecule has 0 saturated carbocycles. The van der Waals surface area contributed by atoms with Gasteiger partial charge in [-0.2, -0.15) is 0 Å². The van der Waals surface area contributed by atoms with E-state index in [1.165, 1.54) is 11.1 Å². The van der Waals surface area contributed by atoms with Crippen molar-refractivity contribution in [3.05, 3.63) is 94.5 Å². The Morgan fingerprint density at radius 3 is 2.15 bits per heavy atom. The number of nitrogens with zero attached hydrogens (tertiary/aromatic N) is 1. The lowest BCUT2D eigenvalue weighted by atomic mass is 9.87. The number of carbonyl (C=O) groups is 2. The molecule has 2 aliphatic rings. The van der Waals surface area contributed by atoms with Gasteiger partial charge in [-0.05, 0) is 52.8 Å². The molecule has 3 aromatic rings. The highest BCUT2D eigenvalue weighted by atomic mass is 16.6. The Hall–Kier alpha value is -3.60. The Morgan fingerprint density at radius 2 is 1.55 bits per heavy atom. The van der Waals surface area contributed by atoms with E-state index in [1.807, 2.05) is 56.3 Å². The van der Waals surface area contributed by atoms with Crippen LogP contribution in [0.25, 0.3) is 11.1 Å². The first-order valence-electron chi connectivity index (χ1n) is 11.3. The van der Waals surface area contributed by atoms with Gasteiger partial charge in [0.2, 0.25) is 0 Å². The number of hydrogen-bond donors (Lipinski definition) is 1. The van der Waals surface area contributed by atoms with Gasteiger partial charge in [-0.3, -0.25) is 4.79 Å². The summed E-state index contributed by atoms with van der Waals surface area (Å²) in [6.45, 7) is 4.79. The minimum absolute atomic E-state index is 0.0187. The van der Waals surface area contributed by atoms with E-state index >= 15 is 0 Å². The molecular weight excluding hydrogens is 414 g/mol. The normalized spacial score (nSPS) is 19.3. The summed E-state index contributed by atoms with van der Waals surface area (Å²) in [7, 11) is 0. The summed E-state index contributed by atoms with van der Waals surface area (Å²) >= 11 is 0. The van der Waals surface area contributed by atoms with Crippen LogP contribution < -0.4 is 0 Å². The van der Waals surface area contributed by atoms with Crippen molar-refractivity contribution in [2.24, 2.45) is 5.92 Å². The van der Waals surface area contributed by atoms with Crippen molar-refractivity contribution in [1.82, 2.24) is 4.90 Å². The summed E-state index contributed by atoms with van der Waals surface area (Å²) in [6.07, 6.45) is -0.450. The SMILES string of the molecule is Cc1ccc([C@@H]2CN(C(=O)OCC3c4ccccc4-c4ccccc43)C[C@H]2C(=O)O)cc1C. The van der Waals surface area contributed by atoms with Crippen molar-refractivity contribution in [2.75, 3.05) is 19.7 Å². The first kappa shape index (κ1) is 21.3. The number of benzene rings is 3. The fourth-order valence-electron chi connectivity index (χ4n) is 5.22. The van der Waals surface area contributed by atoms with E-state index in [-0.39, 0.29) is 25.0 Å². The van der Waals surface area contributed by atoms with E-state index in [9.17, 15) is 14.7 Å². The number of hydrogen-bond acceptors (Lipinski definition) is 3. The van der Waals surface area contributed by atoms with Crippen LogP contribution in [0.4, 0.5) is 4.79 Å². The van der Waals surface area contributed by atoms with Crippen LogP contribution in [0.2, 0.25) is 0 Å². The monoisotopic (exact) mass is 441 g/mol. The minimum Gasteiger partial charge on any atom is -0.481 e. The lowest BCUT2D eigenvalue weighted by Crippen LogP contribution is -2.31. The van der Waals surface area contributed by atoms with E-state index in [1.54, 1.807) is 4.90 Å². The summed E-state index contributed by atoms with van der Waals surface area (Å²) in [5, 5.41) is 9.81. The van der Waals surface area contributed by atoms with Gasteiger partial charge in [0.15, 0.2) is 0 Å². The largest absolute Gasteiger partial charge is 0.481 e. The third-order valence-electron chi connectivity index (χ3n) is 7.19. The molecule has 0 aromatic heterocycles. The van der Waals surface area contributed by atoms with E-state index < -0.39 is 18.0 Å². The van der Waals surface area contributed by atoms with Gasteiger partial charge in [-0.25, -0.2) is 4.79 Å². The number of aliphatic carboxylic acids is 1. The number of amides is 1. The Balaban J connectivity index is 1.32. The summed E-state index contributed by atoms with van der Waals surface area (Å²) < 4.78 is 5.77. The van der Waals surface area contributed by atoms with Crippen LogP contribution in [0.3, 0.4) is 0 Å². The van der Waals surface area contributed by atoms with Gasteiger partial charge in [0.25, 0.3) is 0 Å². The summed E-state index contributed by atoms with van der Waals surface area (Å²) in [4.78, 5) is 26.5. The van der Waals surface area contributed by atoms with Gasteiger partial charge in [0.1, 0.15) is 6.61 Å². The number of carboxylic acids is 1. The highest BCUT2D eigenvalue weighted by Gasteiger charge is 2.41. The number of ether oxygens (including phenoxy) is 1. The zero-order chi connectivity index (χ0) is 23.1. The second kappa shape index (κ2) is 8.39. The minimum atomic E-state index is -0.882. The summed E-state index contributed by atoms with van der Waals surface area (Å²) in [6, 6.07) is 22.4. The summed E-state index contributed by atoms with van der Waals surface area (Å²) in [5.41, 5.74) is 7.91. The maximum Gasteiger partial charge on any atom is 0.409 e. The topological polar surface area (TPSA) is 66.8 Å². The van der Waals surface area contributed by atoms with Gasteiger partial charge in [-0.15, -0.1) is 0 Å². The molecule has 1 N–H and O–H groups in total. The third kappa shape index (κ3) is 3.78. The molecule has 1 heterocycles. The van der Waals surface area contributed by atoms with Crippen LogP contribution in [0.5, 0.6) is 0 Å². The molecule has 3 aromatic carbocycles. The molecule has 1 aliphatic carbocycles. The van der Waals surface area contributed by atoms with E-state index in [4.69, 9.17) is 4.74 Å². The highest BCUT2D eigenvalue weighted by Crippen LogP contribution is 2.44. The van der Waals surface area contributed by atoms with Crippen molar-refractivity contribution in [3.8, 4) is 11.1 Å². The van der Waals surface area contributed by atoms with Gasteiger partial charge >= 0.3 is 12.1 Å². The molecule has 5 nitrogen and oxygen atoms in total. The average Bonchev–Trinajstić information content (AvgIpc) is 3.40. The van der Waals surface area contributed by atoms with E-state index in [0.717, 1.165) is 27.8 Å². The van der Waals surface area contributed by atoms with Gasteiger partial charge in [0.05, 0.1) is 5.92 Å². The zero-order valence-electron chi connectivity index (χ0n) is 18.8. The molecular formula is C28H27NO4. The van der Waals surface area contributed by atoms with Crippen molar-refractivity contribution >= 4 is 12.1 Å². The smallest absolute Gasteiger partial charge is 0.409 e. The molecule has 0 unspecified atom stereocenters. The third-order valence-corrected chi connectivity index (χ3v) is 7.19. The van der Waals surface area contributed by atoms with Gasteiger partial charge in [-0.1, -0.05) is 66.7 Å². The molecule has 0 bridgehead atoms. The molecule has 0 radical (unpaired) electrons. The molecule has 1 fully saturated rings. The number of aryl methyl sites for hydroxylation is 2. The Labute approximate surface area is 193 Å². The number of carboxylic acid groups (broad SMARTS) is 1. The fourth-order valence-corrected chi connectivity index (χ4v) is 5.22. The Morgan fingerprint density at radius 1 is 0.909 bits per heavy atom. The van der Waals surface area contributed by atoms with Crippen molar-refractivity contribution < 1.29 is 19.4 Å². The number of fused-ring (bicyclic) bond motifs is 3. The number of likely N-dealkylation sites (tertiary alicyclic amines) is 1. The summed E-state index contributed by atoms with van der Waals surface area (Å²) in [5.74, 6) is -1.79. The Bertz CT molecular complexity index is 1190. The molecule has 168 valence electrons. The highest BCUT2D eigenvalue weighted by molar-refractivity contribution is 5.79. The fraction of sp³-hybridized carbons (Fsp3) is 0.286. The molecule has 1 saturated heterocycles. The van der Waals surface area contributed by atoms with Crippen LogP contribution in [-0.2, 0) is 9.53 Å². The second-order valence-electron chi connectivity index (χ2n) is 9.10. The van der Waals surface area contributed by atoms with Crippen LogP contribution in [0.15, 0.2) is 66.7 Å². The van der Waals surface area contributed by atoms with Crippen LogP contribution in [-0.4, -0.2) is 41.8 Å². The molecule has 33 heavy (non-hydrogen) atoms. The van der Waals surface area contributed by atoms with Crippen molar-refractivity contribution in [1.29, 1.82) is 0 Å². The molecule has 5 rings (SSSR count). The Kier molecular flexibility index (Phi) is 5.41. The molecule has 1 amide bonds. The maximum absolute atomic E-state index is 13.0. The average molecular weight is 442 g/mol. The lowest BCUT2D eigenvalue weighted by Gasteiger charge is -2.19. The van der Waals surface area contributed by atoms with Crippen LogP contribution in [0.1, 0.15) is 39.7 Å². The quantitative estimate of drug-likeness (QED) is 0.592. The molecule has 0 spiro atoms. The molecule has 5 heteroatoms. The van der Waals surface area contributed by atoms with E-state index in [2.05, 4.69) is 24.3 Å². The van der Waals surface area contributed by atoms with Crippen molar-refractivity contribution in [2.45, 2.75) is 25.7 Å². The zero-order valence-corrected chi connectivity index (χ0v) is 18.8. The first-order valence-corrected chi connectivity index (χ1v) is 11.3. The maximum atomic E-state index is 13.0. The lowest BCUT2D eigenvalue weighted by molar-refractivity contribution is -0.141. The molecule has 1 aliphatic heterocycles. The van der Waals surface area contributed by atoms with Crippen LogP contribution in [0, 0.1) is 19.8 Å². The second-order valence-corrected chi connectivity index (χ2v) is 9.10. The van der Waals surface area contributed by atoms with Crippen molar-refractivity contribution in [3.63, 3.8) is 0 Å². The van der Waals surface area contributed by atoms with E-state index in [0.29, 0.717) is 6.54 Å². The number of carbonyl (C=O) groups excluding carboxylic acids is 1. The standard InChI is InChI=1S/C28H27NO4/c1-17-11-12-19(13-18(17)2)24-14-29(15-25(24)27(30)31)28(32)33-16-26-22-9-5-3-7-20(22)21-8-4-6-10-23(21)26/h3-13,24-26H,14-16H2,1-2H3,(H,30,31)/t24-,25+/m0/s1. The molecule has 2 atom stereocenters.